The predicted molar refractivity (Wildman–Crippen MR) is 84.0 cm³/mol. The highest BCUT2D eigenvalue weighted by Crippen LogP contribution is 2.24. The van der Waals surface area contributed by atoms with Gasteiger partial charge in [-0.1, -0.05) is 22.9 Å². The molecular formula is C16H20ClN3O2. The van der Waals surface area contributed by atoms with Crippen LogP contribution in [0, 0.1) is 6.92 Å². The Balaban J connectivity index is 1.68. The first-order valence-electron chi connectivity index (χ1n) is 7.48. The molecule has 0 radical (unpaired) electrons. The van der Waals surface area contributed by atoms with Crippen molar-refractivity contribution in [3.63, 3.8) is 0 Å². The van der Waals surface area contributed by atoms with Crippen LogP contribution in [0.3, 0.4) is 0 Å². The molecule has 0 saturated carbocycles. The first kappa shape index (κ1) is 15.5. The maximum Gasteiger partial charge on any atom is 0.0855 e. The fraction of sp³-hybridized carbons (Fsp3) is 0.500. The van der Waals surface area contributed by atoms with Gasteiger partial charge in [-0.15, -0.1) is 5.10 Å². The number of hydrogen-bond acceptors (Lipinski definition) is 4. The number of ether oxygens (including phenoxy) is 1. The molecule has 1 fully saturated rings. The van der Waals surface area contributed by atoms with E-state index in [1.165, 1.54) is 0 Å². The van der Waals surface area contributed by atoms with E-state index in [1.54, 1.807) is 4.68 Å². The zero-order valence-corrected chi connectivity index (χ0v) is 13.4. The van der Waals surface area contributed by atoms with Gasteiger partial charge in [-0.2, -0.15) is 0 Å². The molecule has 1 saturated heterocycles. The molecule has 1 aliphatic rings. The van der Waals surface area contributed by atoms with Gasteiger partial charge in [0.1, 0.15) is 0 Å². The number of nitrogens with zero attached hydrogens (tertiary/aromatic N) is 3. The SMILES string of the molecule is Cc1cc(Cl)ccc1Cn1cc(CC2(O)CCOCC2)nn1. The topological polar surface area (TPSA) is 60.2 Å². The second-order valence-electron chi connectivity index (χ2n) is 5.99. The van der Waals surface area contributed by atoms with Crippen molar-refractivity contribution in [3.05, 3.63) is 46.2 Å². The maximum absolute atomic E-state index is 10.5. The smallest absolute Gasteiger partial charge is 0.0855 e. The van der Waals surface area contributed by atoms with E-state index in [0.717, 1.165) is 21.8 Å². The second-order valence-corrected chi connectivity index (χ2v) is 6.43. The molecule has 1 aliphatic heterocycles. The van der Waals surface area contributed by atoms with Crippen molar-refractivity contribution in [1.82, 2.24) is 15.0 Å². The third kappa shape index (κ3) is 3.66. The normalized spacial score (nSPS) is 17.6. The zero-order chi connectivity index (χ0) is 15.6. The molecule has 1 aromatic carbocycles. The lowest BCUT2D eigenvalue weighted by molar-refractivity contribution is -0.0630. The third-order valence-electron chi connectivity index (χ3n) is 4.16. The largest absolute Gasteiger partial charge is 0.389 e. The summed E-state index contributed by atoms with van der Waals surface area (Å²) in [6, 6.07) is 5.83. The fourth-order valence-corrected chi connectivity index (χ4v) is 3.00. The van der Waals surface area contributed by atoms with E-state index in [-0.39, 0.29) is 0 Å². The van der Waals surface area contributed by atoms with Crippen molar-refractivity contribution in [2.45, 2.75) is 38.3 Å². The Labute approximate surface area is 134 Å². The first-order valence-corrected chi connectivity index (χ1v) is 7.86. The van der Waals surface area contributed by atoms with E-state index in [4.69, 9.17) is 16.3 Å². The molecule has 0 bridgehead atoms. The average Bonchev–Trinajstić information content (AvgIpc) is 2.89. The molecular weight excluding hydrogens is 302 g/mol. The Morgan fingerprint density at radius 2 is 2.14 bits per heavy atom. The van der Waals surface area contributed by atoms with Crippen molar-refractivity contribution in [2.75, 3.05) is 13.2 Å². The molecule has 1 N–H and O–H groups in total. The minimum absolute atomic E-state index is 0.524. The lowest BCUT2D eigenvalue weighted by Gasteiger charge is -2.31. The van der Waals surface area contributed by atoms with E-state index in [9.17, 15) is 5.11 Å². The van der Waals surface area contributed by atoms with Crippen molar-refractivity contribution in [1.29, 1.82) is 0 Å². The Morgan fingerprint density at radius 1 is 1.36 bits per heavy atom. The van der Waals surface area contributed by atoms with Crippen molar-refractivity contribution in [3.8, 4) is 0 Å². The maximum atomic E-state index is 10.5. The van der Waals surface area contributed by atoms with E-state index in [1.807, 2.05) is 31.3 Å². The Hall–Kier alpha value is -1.43. The van der Waals surface area contributed by atoms with Crippen LogP contribution in [0.2, 0.25) is 5.02 Å². The van der Waals surface area contributed by atoms with Gasteiger partial charge < -0.3 is 9.84 Å². The minimum Gasteiger partial charge on any atom is -0.389 e. The summed E-state index contributed by atoms with van der Waals surface area (Å²) in [5, 5.41) is 19.6. The predicted octanol–water partition coefficient (Wildman–Crippen LogP) is 2.37. The van der Waals surface area contributed by atoms with Crippen LogP contribution in [-0.4, -0.2) is 38.9 Å². The van der Waals surface area contributed by atoms with Crippen LogP contribution in [0.1, 0.15) is 29.7 Å². The molecule has 6 heteroatoms. The second kappa shape index (κ2) is 6.36. The molecule has 0 spiro atoms. The number of halogens is 1. The standard InChI is InChI=1S/C16H20ClN3O2/c1-12-8-14(17)3-2-13(12)10-20-11-15(18-19-20)9-16(21)4-6-22-7-5-16/h2-3,8,11,21H,4-7,9-10H2,1H3. The molecule has 5 nitrogen and oxygen atoms in total. The number of rotatable bonds is 4. The quantitative estimate of drug-likeness (QED) is 0.939. The summed E-state index contributed by atoms with van der Waals surface area (Å²) in [6.45, 7) is 3.89. The van der Waals surface area contributed by atoms with E-state index < -0.39 is 5.60 Å². The van der Waals surface area contributed by atoms with Crippen LogP contribution in [0.4, 0.5) is 0 Å². The number of benzene rings is 1. The Bertz CT molecular complexity index is 651. The van der Waals surface area contributed by atoms with Crippen molar-refractivity contribution < 1.29 is 9.84 Å². The van der Waals surface area contributed by atoms with Crippen LogP contribution in [0.5, 0.6) is 0 Å². The van der Waals surface area contributed by atoms with Crippen LogP contribution in [0.25, 0.3) is 0 Å². The average molecular weight is 322 g/mol. The summed E-state index contributed by atoms with van der Waals surface area (Å²) in [5.74, 6) is 0. The molecule has 0 atom stereocenters. The van der Waals surface area contributed by atoms with Gasteiger partial charge in [0, 0.05) is 30.9 Å². The van der Waals surface area contributed by atoms with Crippen molar-refractivity contribution >= 4 is 11.6 Å². The molecule has 0 aliphatic carbocycles. The van der Waals surface area contributed by atoms with Gasteiger partial charge >= 0.3 is 0 Å². The van der Waals surface area contributed by atoms with E-state index in [0.29, 0.717) is 39.0 Å². The number of aromatic nitrogens is 3. The minimum atomic E-state index is -0.713. The summed E-state index contributed by atoms with van der Waals surface area (Å²) in [7, 11) is 0. The molecule has 22 heavy (non-hydrogen) atoms. The molecule has 3 rings (SSSR count). The van der Waals surface area contributed by atoms with Gasteiger partial charge in [0.15, 0.2) is 0 Å². The third-order valence-corrected chi connectivity index (χ3v) is 4.39. The van der Waals surface area contributed by atoms with Crippen LogP contribution in [0.15, 0.2) is 24.4 Å². The summed E-state index contributed by atoms with van der Waals surface area (Å²) in [4.78, 5) is 0. The van der Waals surface area contributed by atoms with E-state index >= 15 is 0 Å². The monoisotopic (exact) mass is 321 g/mol. The first-order chi connectivity index (χ1) is 10.5. The van der Waals surface area contributed by atoms with Gasteiger partial charge in [-0.05, 0) is 43.0 Å². The lowest BCUT2D eigenvalue weighted by Crippen LogP contribution is -2.38. The fourth-order valence-electron chi connectivity index (χ4n) is 2.77. The lowest BCUT2D eigenvalue weighted by atomic mass is 9.90. The van der Waals surface area contributed by atoms with Gasteiger partial charge in [0.2, 0.25) is 0 Å². The van der Waals surface area contributed by atoms with Crippen molar-refractivity contribution in [2.24, 2.45) is 0 Å². The van der Waals surface area contributed by atoms with Crippen LogP contribution < -0.4 is 0 Å². The molecule has 0 unspecified atom stereocenters. The number of aryl methyl sites for hydroxylation is 1. The van der Waals surface area contributed by atoms with Crippen LogP contribution in [-0.2, 0) is 17.7 Å². The van der Waals surface area contributed by atoms with Gasteiger partial charge in [-0.3, -0.25) is 0 Å². The number of aliphatic hydroxyl groups is 1. The molecule has 0 amide bonds. The summed E-state index contributed by atoms with van der Waals surface area (Å²) >= 11 is 5.98. The molecule has 2 aromatic rings. The zero-order valence-electron chi connectivity index (χ0n) is 12.6. The summed E-state index contributed by atoms with van der Waals surface area (Å²) in [6.07, 6.45) is 3.73. The highest BCUT2D eigenvalue weighted by Gasteiger charge is 2.31. The van der Waals surface area contributed by atoms with E-state index in [2.05, 4.69) is 10.3 Å². The van der Waals surface area contributed by atoms with Gasteiger partial charge in [0.05, 0.1) is 17.8 Å². The highest BCUT2D eigenvalue weighted by atomic mass is 35.5. The molecule has 118 valence electrons. The van der Waals surface area contributed by atoms with Gasteiger partial charge in [0.25, 0.3) is 0 Å². The number of hydrogen-bond donors (Lipinski definition) is 1. The molecule has 1 aromatic heterocycles. The Kier molecular flexibility index (Phi) is 4.47. The summed E-state index contributed by atoms with van der Waals surface area (Å²) in [5.41, 5.74) is 2.39. The summed E-state index contributed by atoms with van der Waals surface area (Å²) < 4.78 is 7.10. The Morgan fingerprint density at radius 3 is 2.86 bits per heavy atom. The van der Waals surface area contributed by atoms with Crippen LogP contribution >= 0.6 is 11.6 Å². The highest BCUT2D eigenvalue weighted by molar-refractivity contribution is 6.30. The molecule has 2 heterocycles. The van der Waals surface area contributed by atoms with Gasteiger partial charge in [-0.25, -0.2) is 4.68 Å².